The minimum atomic E-state index is 0.202. The molecule has 0 saturated heterocycles. The summed E-state index contributed by atoms with van der Waals surface area (Å²) in [6.45, 7) is 0. The Morgan fingerprint density at radius 3 is 2.06 bits per heavy atom. The van der Waals surface area contributed by atoms with Gasteiger partial charge in [0.1, 0.15) is 16.8 Å². The van der Waals surface area contributed by atoms with Gasteiger partial charge in [-0.15, -0.1) is 4.57 Å². The number of azo groups is 1. The quantitative estimate of drug-likeness (QED) is 0.225. The van der Waals surface area contributed by atoms with E-state index >= 15 is 0 Å². The number of rotatable bonds is 4. The van der Waals surface area contributed by atoms with E-state index in [4.69, 9.17) is 4.98 Å². The average molecular weight is 420 g/mol. The summed E-state index contributed by atoms with van der Waals surface area (Å²) in [5, 5.41) is 18.2. The summed E-state index contributed by atoms with van der Waals surface area (Å²) in [5.74, 6) is 0.202. The summed E-state index contributed by atoms with van der Waals surface area (Å²) in [7, 11) is 4.06. The van der Waals surface area contributed by atoms with Crippen LogP contribution in [0.25, 0.3) is 27.8 Å². The molecule has 6 nitrogen and oxygen atoms in total. The molecule has 5 rings (SSSR count). The Balaban J connectivity index is 1.73. The summed E-state index contributed by atoms with van der Waals surface area (Å²) in [5.41, 5.74) is 7.31. The fourth-order valence-electron chi connectivity index (χ4n) is 3.66. The molecule has 0 aliphatic heterocycles. The fourth-order valence-corrected chi connectivity index (χ4v) is 3.66. The van der Waals surface area contributed by atoms with E-state index in [1.165, 1.54) is 0 Å². The molecule has 0 spiro atoms. The van der Waals surface area contributed by atoms with Crippen LogP contribution in [0.4, 0.5) is 17.1 Å². The van der Waals surface area contributed by atoms with Crippen molar-refractivity contribution in [2.75, 3.05) is 19.0 Å². The maximum atomic E-state index is 9.45. The molecule has 32 heavy (non-hydrogen) atoms. The van der Waals surface area contributed by atoms with E-state index in [1.54, 1.807) is 24.3 Å². The van der Waals surface area contributed by atoms with Crippen LogP contribution in [0, 0.1) is 0 Å². The van der Waals surface area contributed by atoms with Crippen LogP contribution in [0.2, 0.25) is 0 Å². The first kappa shape index (κ1) is 19.6. The Morgan fingerprint density at radius 1 is 0.719 bits per heavy atom. The lowest BCUT2D eigenvalue weighted by atomic mass is 10.2. The van der Waals surface area contributed by atoms with Gasteiger partial charge in [-0.25, -0.2) is 4.98 Å². The van der Waals surface area contributed by atoms with Crippen molar-refractivity contribution in [3.63, 3.8) is 0 Å². The maximum absolute atomic E-state index is 9.45. The lowest BCUT2D eigenvalue weighted by molar-refractivity contribution is -0.538. The second kappa shape index (κ2) is 8.07. The van der Waals surface area contributed by atoms with Gasteiger partial charge >= 0.3 is 0 Å². The van der Waals surface area contributed by atoms with Crippen molar-refractivity contribution in [2.45, 2.75) is 0 Å². The number of anilines is 1. The van der Waals surface area contributed by atoms with E-state index in [1.807, 2.05) is 50.5 Å². The first-order valence-electron chi connectivity index (χ1n) is 10.3. The first-order chi connectivity index (χ1) is 15.6. The van der Waals surface area contributed by atoms with Crippen molar-refractivity contribution < 1.29 is 9.67 Å². The van der Waals surface area contributed by atoms with Gasteiger partial charge in [-0.3, -0.25) is 0 Å². The Hall–Kier alpha value is -4.32. The molecule has 4 aromatic carbocycles. The molecule has 5 aromatic rings. The van der Waals surface area contributed by atoms with Crippen LogP contribution in [0.1, 0.15) is 0 Å². The summed E-state index contributed by atoms with van der Waals surface area (Å²) in [6.07, 6.45) is 0. The molecule has 0 atom stereocenters. The topological polar surface area (TPSA) is 65.0 Å². The zero-order valence-electron chi connectivity index (χ0n) is 17.8. The van der Waals surface area contributed by atoms with E-state index in [2.05, 4.69) is 50.0 Å². The highest BCUT2D eigenvalue weighted by Gasteiger charge is 2.20. The number of nitrogens with zero attached hydrogens (tertiary/aromatic N) is 5. The Labute approximate surface area is 185 Å². The van der Waals surface area contributed by atoms with Crippen LogP contribution < -0.4 is 9.47 Å². The van der Waals surface area contributed by atoms with Gasteiger partial charge in [0.05, 0.1) is 11.4 Å². The highest BCUT2D eigenvalue weighted by Crippen LogP contribution is 2.26. The van der Waals surface area contributed by atoms with E-state index in [0.717, 1.165) is 39.1 Å². The number of hydrogen-bond donors (Lipinski definition) is 1. The standard InChI is InChI=1S/C26H21N5O/c1-30(2)21-11-15-24-26(17-21)31(20-6-4-3-5-7-20)25-16-19(10-14-23(25)27-24)29-28-18-8-12-22(32)13-9-18/h3-17H,1-2H3/p+1. The van der Waals surface area contributed by atoms with Gasteiger partial charge in [-0.1, -0.05) is 18.2 Å². The third-order valence-corrected chi connectivity index (χ3v) is 5.30. The van der Waals surface area contributed by atoms with Crippen molar-refractivity contribution >= 4 is 39.1 Å². The molecule has 0 radical (unpaired) electrons. The van der Waals surface area contributed by atoms with Gasteiger partial charge in [0.2, 0.25) is 16.7 Å². The van der Waals surface area contributed by atoms with Crippen molar-refractivity contribution in [1.29, 1.82) is 0 Å². The van der Waals surface area contributed by atoms with Gasteiger partial charge in [-0.2, -0.15) is 10.2 Å². The Bertz CT molecular complexity index is 1440. The van der Waals surface area contributed by atoms with Gasteiger partial charge in [0.25, 0.3) is 0 Å². The van der Waals surface area contributed by atoms with Gasteiger partial charge < -0.3 is 10.0 Å². The summed E-state index contributed by atoms with van der Waals surface area (Å²) < 4.78 is 2.21. The van der Waals surface area contributed by atoms with E-state index < -0.39 is 0 Å². The minimum Gasteiger partial charge on any atom is -0.508 e. The smallest absolute Gasteiger partial charge is 0.239 e. The third kappa shape index (κ3) is 3.74. The van der Waals surface area contributed by atoms with Crippen LogP contribution in [-0.4, -0.2) is 24.2 Å². The third-order valence-electron chi connectivity index (χ3n) is 5.30. The van der Waals surface area contributed by atoms with Crippen LogP contribution in [-0.2, 0) is 0 Å². The van der Waals surface area contributed by atoms with Crippen molar-refractivity contribution in [2.24, 2.45) is 10.2 Å². The van der Waals surface area contributed by atoms with Crippen molar-refractivity contribution in [3.8, 4) is 11.4 Å². The normalized spacial score (nSPS) is 11.4. The molecular weight excluding hydrogens is 398 g/mol. The average Bonchev–Trinajstić information content (AvgIpc) is 2.82. The molecule has 1 N–H and O–H groups in total. The van der Waals surface area contributed by atoms with Gasteiger partial charge in [0, 0.05) is 44.0 Å². The molecule has 1 heterocycles. The number of phenols is 1. The molecule has 0 fully saturated rings. The van der Waals surface area contributed by atoms with Crippen LogP contribution in [0.15, 0.2) is 101 Å². The van der Waals surface area contributed by atoms with Crippen molar-refractivity contribution in [3.05, 3.63) is 91.0 Å². The molecule has 0 aliphatic carbocycles. The number of aromatic nitrogens is 2. The molecule has 156 valence electrons. The van der Waals surface area contributed by atoms with Crippen molar-refractivity contribution in [1.82, 2.24) is 4.98 Å². The molecule has 0 unspecified atom stereocenters. The number of aromatic hydroxyl groups is 1. The Morgan fingerprint density at radius 2 is 1.34 bits per heavy atom. The monoisotopic (exact) mass is 420 g/mol. The summed E-state index contributed by atoms with van der Waals surface area (Å²) in [6, 6.07) is 29.1. The summed E-state index contributed by atoms with van der Waals surface area (Å²) in [4.78, 5) is 6.98. The number of fused-ring (bicyclic) bond motifs is 2. The molecule has 0 aliphatic rings. The summed E-state index contributed by atoms with van der Waals surface area (Å²) >= 11 is 0. The molecule has 0 bridgehead atoms. The van der Waals surface area contributed by atoms with Gasteiger partial charge in [-0.05, 0) is 48.5 Å². The number of hydrogen-bond acceptors (Lipinski definition) is 5. The molecule has 6 heteroatoms. The fraction of sp³-hybridized carbons (Fsp3) is 0.0769. The molecule has 0 saturated carbocycles. The zero-order chi connectivity index (χ0) is 22.1. The van der Waals surface area contributed by atoms with E-state index in [9.17, 15) is 5.11 Å². The minimum absolute atomic E-state index is 0.202. The SMILES string of the molecule is CN(C)c1ccc2nc3ccc(N=Nc4ccc(O)cc4)cc3[n+](-c3ccccc3)c2c1. The molecular formula is C26H22N5O+. The van der Waals surface area contributed by atoms with E-state index in [0.29, 0.717) is 5.69 Å². The lowest BCUT2D eigenvalue weighted by Crippen LogP contribution is -2.33. The number of para-hydroxylation sites is 1. The van der Waals surface area contributed by atoms with Crippen LogP contribution in [0.5, 0.6) is 5.75 Å². The van der Waals surface area contributed by atoms with Gasteiger partial charge in [0.15, 0.2) is 0 Å². The van der Waals surface area contributed by atoms with Crippen LogP contribution in [0.3, 0.4) is 0 Å². The van der Waals surface area contributed by atoms with Crippen LogP contribution >= 0.6 is 0 Å². The largest absolute Gasteiger partial charge is 0.508 e. The first-order valence-corrected chi connectivity index (χ1v) is 10.3. The number of benzene rings is 4. The Kier molecular flexibility index (Phi) is 4.95. The highest BCUT2D eigenvalue weighted by molar-refractivity contribution is 5.85. The molecule has 0 amide bonds. The maximum Gasteiger partial charge on any atom is 0.239 e. The predicted octanol–water partition coefficient (Wildman–Crippen LogP) is 5.85. The van der Waals surface area contributed by atoms with E-state index in [-0.39, 0.29) is 5.75 Å². The number of phenolic OH excluding ortho intramolecular Hbond substituents is 1. The predicted molar refractivity (Wildman–Crippen MR) is 127 cm³/mol. The lowest BCUT2D eigenvalue weighted by Gasteiger charge is -2.13. The second-order valence-corrected chi connectivity index (χ2v) is 7.74. The highest BCUT2D eigenvalue weighted by atomic mass is 16.3. The zero-order valence-corrected chi connectivity index (χ0v) is 17.8. The molecule has 1 aromatic heterocycles. The second-order valence-electron chi connectivity index (χ2n) is 7.74.